The van der Waals surface area contributed by atoms with Crippen molar-refractivity contribution in [1.82, 2.24) is 9.97 Å². The molecule has 1 N–H and O–H groups in total. The third kappa shape index (κ3) is 5.30. The summed E-state index contributed by atoms with van der Waals surface area (Å²) in [6, 6.07) is 14.9. The molecule has 0 aliphatic rings. The van der Waals surface area contributed by atoms with Crippen LogP contribution in [0.15, 0.2) is 48.5 Å². The number of aryl methyl sites for hydroxylation is 4. The number of carbonyl (C=O) groups excluding carboxylic acids is 1. The van der Waals surface area contributed by atoms with E-state index in [1.54, 1.807) is 24.3 Å². The molecule has 3 aromatic rings. The molecule has 144 valence electrons. The van der Waals surface area contributed by atoms with Crippen molar-refractivity contribution in [3.8, 4) is 17.5 Å². The highest BCUT2D eigenvalue weighted by atomic mass is 16.5. The number of hydrogen-bond acceptors (Lipinski definition) is 5. The molecular weight excluding hydrogens is 354 g/mol. The molecule has 6 heteroatoms. The first kappa shape index (κ1) is 19.4. The molecule has 1 aromatic heterocycles. The van der Waals surface area contributed by atoms with Crippen LogP contribution in [-0.4, -0.2) is 22.5 Å². The van der Waals surface area contributed by atoms with Crippen molar-refractivity contribution in [2.24, 2.45) is 0 Å². The summed E-state index contributed by atoms with van der Waals surface area (Å²) in [4.78, 5) is 20.6. The first-order valence-electron chi connectivity index (χ1n) is 8.99. The summed E-state index contributed by atoms with van der Waals surface area (Å²) in [5, 5.41) is 2.80. The zero-order valence-corrected chi connectivity index (χ0v) is 16.4. The van der Waals surface area contributed by atoms with Gasteiger partial charge in [0.25, 0.3) is 5.91 Å². The lowest BCUT2D eigenvalue weighted by molar-refractivity contribution is -0.118. The molecule has 0 spiro atoms. The van der Waals surface area contributed by atoms with Crippen molar-refractivity contribution in [2.45, 2.75) is 27.7 Å². The number of ether oxygens (including phenoxy) is 2. The predicted octanol–water partition coefficient (Wildman–Crippen LogP) is 4.52. The number of nitrogens with one attached hydrogen (secondary N) is 1. The second-order valence-electron chi connectivity index (χ2n) is 6.64. The number of anilines is 1. The summed E-state index contributed by atoms with van der Waals surface area (Å²) in [6.07, 6.45) is 0. The van der Waals surface area contributed by atoms with Crippen LogP contribution in [0.2, 0.25) is 0 Å². The van der Waals surface area contributed by atoms with Crippen LogP contribution in [0.3, 0.4) is 0 Å². The minimum absolute atomic E-state index is 0.0584. The number of benzene rings is 2. The number of nitrogens with zero attached hydrogens (tertiary/aromatic N) is 2. The number of aromatic nitrogens is 2. The van der Waals surface area contributed by atoms with E-state index < -0.39 is 0 Å². The molecule has 0 aliphatic heterocycles. The van der Waals surface area contributed by atoms with E-state index in [2.05, 4.69) is 15.3 Å². The fourth-order valence-electron chi connectivity index (χ4n) is 2.60. The Labute approximate surface area is 164 Å². The molecule has 0 saturated heterocycles. The average molecular weight is 377 g/mol. The maximum Gasteiger partial charge on any atom is 0.322 e. The SMILES string of the molecule is Cc1cc(C)nc(Oc2ccc(NC(=O)COc3ccc(C)c(C)c3)cc2)n1. The third-order valence-corrected chi connectivity index (χ3v) is 4.16. The summed E-state index contributed by atoms with van der Waals surface area (Å²) < 4.78 is 11.2. The van der Waals surface area contributed by atoms with Crippen molar-refractivity contribution in [3.05, 3.63) is 71.0 Å². The number of amides is 1. The summed E-state index contributed by atoms with van der Waals surface area (Å²) in [5.74, 6) is 1.04. The molecule has 28 heavy (non-hydrogen) atoms. The Kier molecular flexibility index (Phi) is 5.89. The summed E-state index contributed by atoms with van der Waals surface area (Å²) >= 11 is 0. The van der Waals surface area contributed by atoms with E-state index in [0.717, 1.165) is 17.0 Å². The van der Waals surface area contributed by atoms with E-state index >= 15 is 0 Å². The molecule has 2 aromatic carbocycles. The molecule has 0 saturated carbocycles. The van der Waals surface area contributed by atoms with Gasteiger partial charge < -0.3 is 14.8 Å². The van der Waals surface area contributed by atoms with Crippen LogP contribution in [0.4, 0.5) is 5.69 Å². The lowest BCUT2D eigenvalue weighted by atomic mass is 10.1. The largest absolute Gasteiger partial charge is 0.484 e. The average Bonchev–Trinajstić information content (AvgIpc) is 2.63. The van der Waals surface area contributed by atoms with Gasteiger partial charge in [-0.05, 0) is 81.3 Å². The first-order valence-corrected chi connectivity index (χ1v) is 8.99. The maximum absolute atomic E-state index is 12.1. The highest BCUT2D eigenvalue weighted by Gasteiger charge is 2.06. The summed E-state index contributed by atoms with van der Waals surface area (Å²) in [7, 11) is 0. The zero-order chi connectivity index (χ0) is 20.1. The van der Waals surface area contributed by atoms with Gasteiger partial charge >= 0.3 is 6.01 Å². The summed E-state index contributed by atoms with van der Waals surface area (Å²) in [5.41, 5.74) is 4.65. The zero-order valence-electron chi connectivity index (χ0n) is 16.4. The monoisotopic (exact) mass is 377 g/mol. The molecule has 6 nitrogen and oxygen atoms in total. The molecule has 3 rings (SSSR count). The Morgan fingerprint density at radius 2 is 1.50 bits per heavy atom. The minimum Gasteiger partial charge on any atom is -0.484 e. The van der Waals surface area contributed by atoms with Crippen LogP contribution in [0.1, 0.15) is 22.5 Å². The van der Waals surface area contributed by atoms with E-state index in [9.17, 15) is 4.79 Å². The van der Waals surface area contributed by atoms with Crippen LogP contribution in [0.5, 0.6) is 17.5 Å². The number of carbonyl (C=O) groups is 1. The van der Waals surface area contributed by atoms with Crippen LogP contribution < -0.4 is 14.8 Å². The van der Waals surface area contributed by atoms with Crippen molar-refractivity contribution in [1.29, 1.82) is 0 Å². The molecule has 0 aliphatic carbocycles. The molecule has 0 atom stereocenters. The first-order chi connectivity index (χ1) is 13.4. The Morgan fingerprint density at radius 3 is 2.14 bits per heavy atom. The molecule has 0 unspecified atom stereocenters. The predicted molar refractivity (Wildman–Crippen MR) is 108 cm³/mol. The van der Waals surface area contributed by atoms with Gasteiger partial charge in [-0.3, -0.25) is 4.79 Å². The van der Waals surface area contributed by atoms with Crippen molar-refractivity contribution in [3.63, 3.8) is 0 Å². The smallest absolute Gasteiger partial charge is 0.322 e. The number of hydrogen-bond donors (Lipinski definition) is 1. The van der Waals surface area contributed by atoms with E-state index in [1.807, 2.05) is 52.0 Å². The van der Waals surface area contributed by atoms with Gasteiger partial charge in [0.05, 0.1) is 0 Å². The second-order valence-corrected chi connectivity index (χ2v) is 6.64. The third-order valence-electron chi connectivity index (χ3n) is 4.16. The van der Waals surface area contributed by atoms with Gasteiger partial charge in [-0.25, -0.2) is 9.97 Å². The van der Waals surface area contributed by atoms with E-state index in [-0.39, 0.29) is 12.5 Å². The maximum atomic E-state index is 12.1. The van der Waals surface area contributed by atoms with Crippen LogP contribution in [-0.2, 0) is 4.79 Å². The molecular formula is C22H23N3O3. The second kappa shape index (κ2) is 8.52. The Bertz CT molecular complexity index is 965. The fourth-order valence-corrected chi connectivity index (χ4v) is 2.60. The van der Waals surface area contributed by atoms with Crippen LogP contribution in [0.25, 0.3) is 0 Å². The van der Waals surface area contributed by atoms with Gasteiger partial charge in [0.1, 0.15) is 11.5 Å². The fraction of sp³-hybridized carbons (Fsp3) is 0.227. The van der Waals surface area contributed by atoms with Crippen molar-refractivity contribution < 1.29 is 14.3 Å². The van der Waals surface area contributed by atoms with Gasteiger partial charge in [-0.1, -0.05) is 6.07 Å². The normalized spacial score (nSPS) is 10.4. The van der Waals surface area contributed by atoms with E-state index in [4.69, 9.17) is 9.47 Å². The van der Waals surface area contributed by atoms with Gasteiger partial charge in [0, 0.05) is 17.1 Å². The lowest BCUT2D eigenvalue weighted by Gasteiger charge is -2.10. The van der Waals surface area contributed by atoms with Crippen molar-refractivity contribution >= 4 is 11.6 Å². The molecule has 0 bridgehead atoms. The Morgan fingerprint density at radius 1 is 0.857 bits per heavy atom. The van der Waals surface area contributed by atoms with Gasteiger partial charge in [-0.2, -0.15) is 0 Å². The van der Waals surface area contributed by atoms with Crippen LogP contribution >= 0.6 is 0 Å². The Hall–Kier alpha value is -3.41. The molecule has 0 radical (unpaired) electrons. The quantitative estimate of drug-likeness (QED) is 0.684. The minimum atomic E-state index is -0.232. The standard InChI is InChI=1S/C22H23N3O3/c1-14-5-8-20(11-15(14)2)27-13-21(26)25-18-6-9-19(10-7-18)28-22-23-16(3)12-17(4)24-22/h5-12H,13H2,1-4H3,(H,25,26). The number of rotatable bonds is 6. The van der Waals surface area contributed by atoms with Gasteiger partial charge in [-0.15, -0.1) is 0 Å². The van der Waals surface area contributed by atoms with Gasteiger partial charge in [0.2, 0.25) is 0 Å². The van der Waals surface area contributed by atoms with Crippen LogP contribution in [0, 0.1) is 27.7 Å². The lowest BCUT2D eigenvalue weighted by Crippen LogP contribution is -2.20. The van der Waals surface area contributed by atoms with Gasteiger partial charge in [0.15, 0.2) is 6.61 Å². The molecule has 1 amide bonds. The van der Waals surface area contributed by atoms with E-state index in [1.165, 1.54) is 5.56 Å². The molecule has 1 heterocycles. The highest BCUT2D eigenvalue weighted by molar-refractivity contribution is 5.91. The van der Waals surface area contributed by atoms with E-state index in [0.29, 0.717) is 23.2 Å². The van der Waals surface area contributed by atoms with Crippen molar-refractivity contribution in [2.75, 3.05) is 11.9 Å². The molecule has 0 fully saturated rings. The summed E-state index contributed by atoms with van der Waals surface area (Å²) in [6.45, 7) is 7.76. The highest BCUT2D eigenvalue weighted by Crippen LogP contribution is 2.21. The topological polar surface area (TPSA) is 73.3 Å². The Balaban J connectivity index is 1.54.